The molecule has 0 radical (unpaired) electrons. The summed E-state index contributed by atoms with van der Waals surface area (Å²) in [7, 11) is 3.07. The Morgan fingerprint density at radius 2 is 1.97 bits per heavy atom. The summed E-state index contributed by atoms with van der Waals surface area (Å²) in [5.41, 5.74) is -0.674. The van der Waals surface area contributed by atoms with Gasteiger partial charge in [0.05, 0.1) is 13.8 Å². The molecule has 33 heavy (non-hydrogen) atoms. The first-order valence-electron chi connectivity index (χ1n) is 11.1. The molecule has 8 nitrogen and oxygen atoms in total. The summed E-state index contributed by atoms with van der Waals surface area (Å²) in [4.78, 5) is 39.1. The van der Waals surface area contributed by atoms with Crippen molar-refractivity contribution in [2.45, 2.75) is 37.4 Å². The molecule has 0 bridgehead atoms. The molecule has 0 unspecified atom stereocenters. The average Bonchev–Trinajstić information content (AvgIpc) is 3.55. The Bertz CT molecular complexity index is 1090. The van der Waals surface area contributed by atoms with E-state index in [2.05, 4.69) is 28.1 Å². The van der Waals surface area contributed by atoms with Crippen molar-refractivity contribution in [2.24, 2.45) is 0 Å². The van der Waals surface area contributed by atoms with Gasteiger partial charge in [0, 0.05) is 24.1 Å². The van der Waals surface area contributed by atoms with E-state index in [1.807, 2.05) is 20.0 Å². The summed E-state index contributed by atoms with van der Waals surface area (Å²) < 4.78 is 10.6. The van der Waals surface area contributed by atoms with Crippen molar-refractivity contribution in [2.75, 3.05) is 27.4 Å². The molecule has 1 saturated heterocycles. The third kappa shape index (κ3) is 3.79. The average molecular weight is 452 g/mol. The zero-order valence-corrected chi connectivity index (χ0v) is 19.1. The van der Waals surface area contributed by atoms with Crippen molar-refractivity contribution in [3.63, 3.8) is 0 Å². The third-order valence-corrected chi connectivity index (χ3v) is 6.42. The second kappa shape index (κ2) is 8.96. The monoisotopic (exact) mass is 451 g/mol. The Balaban J connectivity index is 1.49. The van der Waals surface area contributed by atoms with Crippen LogP contribution in [0.3, 0.4) is 0 Å². The number of fused-ring (bicyclic) bond motifs is 2. The predicted molar refractivity (Wildman–Crippen MR) is 123 cm³/mol. The van der Waals surface area contributed by atoms with E-state index in [-0.39, 0.29) is 23.3 Å². The Labute approximate surface area is 193 Å². The first-order valence-corrected chi connectivity index (χ1v) is 11.1. The van der Waals surface area contributed by atoms with Gasteiger partial charge in [-0.2, -0.15) is 0 Å². The van der Waals surface area contributed by atoms with Crippen LogP contribution in [-0.2, 0) is 14.3 Å². The van der Waals surface area contributed by atoms with Gasteiger partial charge in [-0.1, -0.05) is 42.0 Å². The fourth-order valence-electron chi connectivity index (χ4n) is 4.50. The van der Waals surface area contributed by atoms with Crippen LogP contribution in [0.5, 0.6) is 0 Å². The van der Waals surface area contributed by atoms with Gasteiger partial charge in [0.2, 0.25) is 5.78 Å². The first-order chi connectivity index (χ1) is 15.9. The molecule has 1 fully saturated rings. The number of allylic oxidation sites excluding steroid dienone is 3. The summed E-state index contributed by atoms with van der Waals surface area (Å²) in [6, 6.07) is 6.52. The van der Waals surface area contributed by atoms with E-state index in [0.717, 1.165) is 30.8 Å². The van der Waals surface area contributed by atoms with Crippen LogP contribution < -0.4 is 16.0 Å². The highest BCUT2D eigenvalue weighted by Crippen LogP contribution is 2.58. The maximum Gasteiger partial charge on any atom is 0.350 e. The first kappa shape index (κ1) is 22.9. The van der Waals surface area contributed by atoms with Gasteiger partial charge in [-0.25, -0.2) is 4.79 Å². The summed E-state index contributed by atoms with van der Waals surface area (Å²) in [5.74, 6) is -0.715. The second-order valence-corrected chi connectivity index (χ2v) is 8.49. The van der Waals surface area contributed by atoms with Gasteiger partial charge in [-0.05, 0) is 38.5 Å². The molecule has 174 valence electrons. The molecule has 1 aromatic carbocycles. The van der Waals surface area contributed by atoms with Gasteiger partial charge >= 0.3 is 5.97 Å². The zero-order valence-electron chi connectivity index (χ0n) is 19.1. The molecule has 2 aliphatic heterocycles. The van der Waals surface area contributed by atoms with Crippen LogP contribution in [0.15, 0.2) is 59.5 Å². The number of dihydropyridines is 1. The van der Waals surface area contributed by atoms with Crippen LogP contribution in [0.4, 0.5) is 0 Å². The third-order valence-electron chi connectivity index (χ3n) is 6.42. The number of epoxide rings is 1. The van der Waals surface area contributed by atoms with Crippen LogP contribution in [0.2, 0.25) is 0 Å². The fraction of sp³-hybridized carbons (Fsp3) is 0.400. The summed E-state index contributed by atoms with van der Waals surface area (Å²) >= 11 is 0. The van der Waals surface area contributed by atoms with Crippen molar-refractivity contribution < 1.29 is 23.9 Å². The second-order valence-electron chi connectivity index (χ2n) is 8.49. The number of rotatable bonds is 9. The standard InChI is InChI=1S/C25H29N3O5/c1-16(8-9-17-11-13-27-20(14-17)28-15-26-2)10-12-24-21(29)18-6-4-5-7-19(18)22(30)25(24,33-24)23(31)32-3/h4-7,10-11,14,26-28H,8-9,12-13,15H2,1-3H3/b16-10+/t24-,25-/m0/s1. The van der Waals surface area contributed by atoms with Crippen LogP contribution in [0.25, 0.3) is 0 Å². The van der Waals surface area contributed by atoms with E-state index >= 15 is 0 Å². The minimum atomic E-state index is -1.89. The van der Waals surface area contributed by atoms with Gasteiger partial charge in [-0.3, -0.25) is 9.59 Å². The number of benzene rings is 1. The summed E-state index contributed by atoms with van der Waals surface area (Å²) in [6.07, 6.45) is 7.87. The van der Waals surface area contributed by atoms with Crippen LogP contribution in [0, 0.1) is 0 Å². The van der Waals surface area contributed by atoms with Crippen molar-refractivity contribution in [1.29, 1.82) is 0 Å². The maximum absolute atomic E-state index is 13.3. The maximum atomic E-state index is 13.3. The van der Waals surface area contributed by atoms with Crippen LogP contribution in [-0.4, -0.2) is 56.1 Å². The molecule has 1 aliphatic carbocycles. The van der Waals surface area contributed by atoms with Gasteiger partial charge < -0.3 is 25.4 Å². The predicted octanol–water partition coefficient (Wildman–Crippen LogP) is 2.00. The van der Waals surface area contributed by atoms with E-state index in [1.165, 1.54) is 12.7 Å². The molecule has 3 N–H and O–H groups in total. The number of ether oxygens (including phenoxy) is 2. The highest BCUT2D eigenvalue weighted by atomic mass is 16.7. The minimum Gasteiger partial charge on any atom is -0.466 e. The van der Waals surface area contributed by atoms with Gasteiger partial charge in [0.15, 0.2) is 11.4 Å². The number of carbonyl (C=O) groups is 3. The lowest BCUT2D eigenvalue weighted by molar-refractivity contribution is -0.145. The molecule has 8 heteroatoms. The zero-order chi connectivity index (χ0) is 23.6. The Morgan fingerprint density at radius 3 is 2.67 bits per heavy atom. The number of nitrogens with one attached hydrogen (secondary N) is 3. The Hall–Kier alpha value is -3.23. The summed E-state index contributed by atoms with van der Waals surface area (Å²) in [5, 5.41) is 9.58. The molecular weight excluding hydrogens is 422 g/mol. The van der Waals surface area contributed by atoms with E-state index in [0.29, 0.717) is 6.67 Å². The van der Waals surface area contributed by atoms with Gasteiger partial charge in [-0.15, -0.1) is 0 Å². The molecule has 3 aliphatic rings. The SMILES string of the molecule is CNCNC1=CC(CC/C(C)=C/C[C@@]23O[C@]2(C(=O)OC)C(=O)c2ccccc2C3=O)=CCN1. The lowest BCUT2D eigenvalue weighted by Gasteiger charge is -2.22. The number of ketones is 2. The van der Waals surface area contributed by atoms with Gasteiger partial charge in [0.1, 0.15) is 5.82 Å². The number of Topliss-reactive ketones (excluding diaryl/α,β-unsaturated/α-hetero) is 2. The normalized spacial score (nSPS) is 25.8. The molecule has 2 atom stereocenters. The van der Waals surface area contributed by atoms with Crippen molar-refractivity contribution >= 4 is 17.5 Å². The highest BCUT2D eigenvalue weighted by molar-refractivity contribution is 6.32. The van der Waals surface area contributed by atoms with E-state index in [1.54, 1.807) is 24.3 Å². The molecule has 0 aromatic heterocycles. The van der Waals surface area contributed by atoms with E-state index < -0.39 is 23.0 Å². The number of hydrogen-bond donors (Lipinski definition) is 3. The van der Waals surface area contributed by atoms with Crippen molar-refractivity contribution in [1.82, 2.24) is 16.0 Å². The van der Waals surface area contributed by atoms with Crippen LogP contribution in [0.1, 0.15) is 46.9 Å². The molecule has 4 rings (SSSR count). The number of methoxy groups -OCH3 is 1. The largest absolute Gasteiger partial charge is 0.466 e. The molecule has 2 heterocycles. The smallest absolute Gasteiger partial charge is 0.350 e. The van der Waals surface area contributed by atoms with E-state index in [9.17, 15) is 14.4 Å². The topological polar surface area (TPSA) is 109 Å². The highest BCUT2D eigenvalue weighted by Gasteiger charge is 2.85. The number of hydrogen-bond acceptors (Lipinski definition) is 8. The van der Waals surface area contributed by atoms with E-state index in [4.69, 9.17) is 9.47 Å². The molecule has 0 saturated carbocycles. The molecular formula is C25H29N3O5. The minimum absolute atomic E-state index is 0.137. The lowest BCUT2D eigenvalue weighted by Crippen LogP contribution is -2.50. The molecule has 0 spiro atoms. The Morgan fingerprint density at radius 1 is 1.24 bits per heavy atom. The fourth-order valence-corrected chi connectivity index (χ4v) is 4.50. The quantitative estimate of drug-likeness (QED) is 0.172. The van der Waals surface area contributed by atoms with Gasteiger partial charge in [0.25, 0.3) is 5.60 Å². The molecule has 1 aromatic rings. The number of carbonyl (C=O) groups excluding carboxylic acids is 3. The lowest BCUT2D eigenvalue weighted by atomic mass is 9.72. The number of esters is 1. The molecule has 0 amide bonds. The van der Waals surface area contributed by atoms with Crippen molar-refractivity contribution in [3.8, 4) is 0 Å². The Kier molecular flexibility index (Phi) is 6.23. The summed E-state index contributed by atoms with van der Waals surface area (Å²) in [6.45, 7) is 3.41. The van der Waals surface area contributed by atoms with Crippen molar-refractivity contribution in [3.05, 3.63) is 70.6 Å². The van der Waals surface area contributed by atoms with Crippen LogP contribution >= 0.6 is 0 Å².